The fraction of sp³-hybridized carbons (Fsp3) is 0.667. The minimum absolute atomic E-state index is 0.347. The first-order chi connectivity index (χ1) is 13.7. The van der Waals surface area contributed by atoms with Crippen molar-refractivity contribution < 1.29 is 9.53 Å². The predicted molar refractivity (Wildman–Crippen MR) is 108 cm³/mol. The van der Waals surface area contributed by atoms with Crippen LogP contribution in [0.15, 0.2) is 12.1 Å². The molecule has 1 amide bonds. The first-order valence-electron chi connectivity index (χ1n) is 10.6. The average Bonchev–Trinajstić information content (AvgIpc) is 3.40. The van der Waals surface area contributed by atoms with Crippen LogP contribution in [-0.4, -0.2) is 52.0 Å². The van der Waals surface area contributed by atoms with Gasteiger partial charge >= 0.3 is 0 Å². The highest BCUT2D eigenvalue weighted by Gasteiger charge is 2.29. The predicted octanol–water partition coefficient (Wildman–Crippen LogP) is 2.97. The number of aromatic nitrogens is 3. The van der Waals surface area contributed by atoms with E-state index < -0.39 is 5.91 Å². The van der Waals surface area contributed by atoms with Crippen LogP contribution in [0.5, 0.6) is 5.75 Å². The number of benzene rings is 1. The Morgan fingerprint density at radius 3 is 2.68 bits per heavy atom. The molecule has 1 aromatic heterocycles. The normalized spacial score (nSPS) is 21.8. The maximum absolute atomic E-state index is 11.7. The highest BCUT2D eigenvalue weighted by atomic mass is 16.5. The molecule has 1 saturated heterocycles. The van der Waals surface area contributed by atoms with Gasteiger partial charge in [-0.3, -0.25) is 9.69 Å². The molecule has 2 heterocycles. The molecule has 4 rings (SSSR count). The van der Waals surface area contributed by atoms with E-state index in [4.69, 9.17) is 10.5 Å². The van der Waals surface area contributed by atoms with Crippen LogP contribution in [0, 0.1) is 5.92 Å². The Morgan fingerprint density at radius 1 is 1.14 bits per heavy atom. The van der Waals surface area contributed by atoms with Gasteiger partial charge in [0.05, 0.1) is 24.7 Å². The van der Waals surface area contributed by atoms with Crippen molar-refractivity contribution in [3.8, 4) is 5.75 Å². The lowest BCUT2D eigenvalue weighted by atomic mass is 10.1. The van der Waals surface area contributed by atoms with Crippen LogP contribution in [-0.2, 0) is 6.54 Å². The Hall–Kier alpha value is -2.15. The van der Waals surface area contributed by atoms with Crippen molar-refractivity contribution in [3.05, 3.63) is 17.7 Å². The van der Waals surface area contributed by atoms with E-state index in [0.717, 1.165) is 18.0 Å². The maximum atomic E-state index is 11.7. The van der Waals surface area contributed by atoms with Crippen molar-refractivity contribution >= 4 is 16.9 Å². The Labute approximate surface area is 166 Å². The van der Waals surface area contributed by atoms with Gasteiger partial charge in [-0.05, 0) is 44.2 Å². The lowest BCUT2D eigenvalue weighted by Crippen LogP contribution is -2.40. The summed E-state index contributed by atoms with van der Waals surface area (Å²) in [6.45, 7) is 3.22. The summed E-state index contributed by atoms with van der Waals surface area (Å²) >= 11 is 0. The summed E-state index contributed by atoms with van der Waals surface area (Å²) in [5, 5.41) is 8.70. The zero-order valence-electron chi connectivity index (χ0n) is 16.8. The third-order valence-corrected chi connectivity index (χ3v) is 6.17. The molecular formula is C21H31N5O2. The summed E-state index contributed by atoms with van der Waals surface area (Å²) in [4.78, 5) is 14.4. The fourth-order valence-electron chi connectivity index (χ4n) is 4.36. The summed E-state index contributed by atoms with van der Waals surface area (Å²) in [5.41, 5.74) is 7.40. The number of hydrogen-bond donors (Lipinski definition) is 1. The van der Waals surface area contributed by atoms with Crippen LogP contribution >= 0.6 is 0 Å². The zero-order valence-corrected chi connectivity index (χ0v) is 16.8. The quantitative estimate of drug-likeness (QED) is 0.826. The number of hydrogen-bond acceptors (Lipinski definition) is 5. The Balaban J connectivity index is 1.61. The van der Waals surface area contributed by atoms with E-state index in [1.165, 1.54) is 64.5 Å². The molecular weight excluding hydrogens is 354 g/mol. The van der Waals surface area contributed by atoms with Gasteiger partial charge in [-0.15, -0.1) is 5.10 Å². The summed E-state index contributed by atoms with van der Waals surface area (Å²) in [5.74, 6) is 0.849. The third kappa shape index (κ3) is 4.29. The molecule has 0 bridgehead atoms. The minimum Gasteiger partial charge on any atom is -0.496 e. The van der Waals surface area contributed by atoms with Crippen molar-refractivity contribution in [1.82, 2.24) is 19.9 Å². The Bertz CT molecular complexity index is 830. The van der Waals surface area contributed by atoms with Gasteiger partial charge in [-0.25, -0.2) is 4.68 Å². The van der Waals surface area contributed by atoms with Crippen molar-refractivity contribution in [1.29, 1.82) is 0 Å². The van der Waals surface area contributed by atoms with Gasteiger partial charge in [0.25, 0.3) is 5.91 Å². The molecule has 152 valence electrons. The van der Waals surface area contributed by atoms with Crippen LogP contribution in [0.3, 0.4) is 0 Å². The van der Waals surface area contributed by atoms with Crippen molar-refractivity contribution in [2.45, 2.75) is 64.0 Å². The van der Waals surface area contributed by atoms with E-state index in [1.807, 2.05) is 10.7 Å². The number of carbonyl (C=O) groups excluding carboxylic acids is 1. The van der Waals surface area contributed by atoms with Crippen LogP contribution in [0.2, 0.25) is 0 Å². The van der Waals surface area contributed by atoms with E-state index >= 15 is 0 Å². The van der Waals surface area contributed by atoms with Gasteiger partial charge < -0.3 is 10.5 Å². The molecule has 7 heteroatoms. The van der Waals surface area contributed by atoms with E-state index in [9.17, 15) is 4.79 Å². The molecule has 1 unspecified atom stereocenters. The van der Waals surface area contributed by atoms with Crippen molar-refractivity contribution in [2.24, 2.45) is 11.7 Å². The fourth-order valence-corrected chi connectivity index (χ4v) is 4.36. The van der Waals surface area contributed by atoms with Gasteiger partial charge in [0.15, 0.2) is 0 Å². The topological polar surface area (TPSA) is 86.3 Å². The summed E-state index contributed by atoms with van der Waals surface area (Å²) in [6.07, 6.45) is 10.5. The Morgan fingerprint density at radius 2 is 1.93 bits per heavy atom. The standard InChI is InChI=1S/C21H31N5O2/c1-28-20-12-19-18(11-17(20)21(22)27)23-24-26(19)14-16-7-5-3-2-4-6-10-25(16)13-15-8-9-15/h11-12,15-16H,2-10,13-14H2,1H3,(H2,22,27). The van der Waals surface area contributed by atoms with Crippen molar-refractivity contribution in [3.63, 3.8) is 0 Å². The van der Waals surface area contributed by atoms with Gasteiger partial charge in [-0.1, -0.05) is 30.9 Å². The molecule has 28 heavy (non-hydrogen) atoms. The molecule has 1 aliphatic carbocycles. The number of nitrogens with zero attached hydrogens (tertiary/aromatic N) is 4. The molecule has 0 radical (unpaired) electrons. The number of ether oxygens (including phenoxy) is 1. The minimum atomic E-state index is -0.514. The number of carbonyl (C=O) groups is 1. The monoisotopic (exact) mass is 385 g/mol. The van der Waals surface area contributed by atoms with Crippen LogP contribution < -0.4 is 10.5 Å². The number of methoxy groups -OCH3 is 1. The number of nitrogens with two attached hydrogens (primary N) is 1. The molecule has 1 aliphatic heterocycles. The SMILES string of the molecule is COc1cc2c(cc1C(N)=O)nnn2CC1CCCCCCCN1CC1CC1. The first-order valence-corrected chi connectivity index (χ1v) is 10.6. The second kappa shape index (κ2) is 8.47. The summed E-state index contributed by atoms with van der Waals surface area (Å²) in [7, 11) is 1.55. The molecule has 1 aromatic carbocycles. The average molecular weight is 386 g/mol. The van der Waals surface area contributed by atoms with Gasteiger partial charge in [-0.2, -0.15) is 0 Å². The van der Waals surface area contributed by atoms with Crippen LogP contribution in [0.4, 0.5) is 0 Å². The highest BCUT2D eigenvalue weighted by Crippen LogP contribution is 2.32. The number of primary amides is 1. The lowest BCUT2D eigenvalue weighted by molar-refractivity contribution is 0.0997. The van der Waals surface area contributed by atoms with E-state index in [1.54, 1.807) is 13.2 Å². The van der Waals surface area contributed by atoms with Gasteiger partial charge in [0.1, 0.15) is 11.3 Å². The molecule has 7 nitrogen and oxygen atoms in total. The molecule has 1 saturated carbocycles. The molecule has 2 fully saturated rings. The second-order valence-electron chi connectivity index (χ2n) is 8.33. The lowest BCUT2D eigenvalue weighted by Gasteiger charge is -2.31. The van der Waals surface area contributed by atoms with Crippen LogP contribution in [0.25, 0.3) is 11.0 Å². The molecule has 2 N–H and O–H groups in total. The zero-order chi connectivity index (χ0) is 19.5. The summed E-state index contributed by atoms with van der Waals surface area (Å²) in [6, 6.07) is 4.01. The third-order valence-electron chi connectivity index (χ3n) is 6.17. The van der Waals surface area contributed by atoms with E-state index in [2.05, 4.69) is 15.2 Å². The van der Waals surface area contributed by atoms with E-state index in [-0.39, 0.29) is 0 Å². The molecule has 2 aromatic rings. The van der Waals surface area contributed by atoms with Gasteiger partial charge in [0, 0.05) is 18.7 Å². The Kier molecular flexibility index (Phi) is 5.80. The first kappa shape index (κ1) is 19.2. The molecule has 1 atom stereocenters. The largest absolute Gasteiger partial charge is 0.496 e. The highest BCUT2D eigenvalue weighted by molar-refractivity contribution is 5.99. The maximum Gasteiger partial charge on any atom is 0.252 e. The number of fused-ring (bicyclic) bond motifs is 1. The van der Waals surface area contributed by atoms with E-state index in [0.29, 0.717) is 22.9 Å². The van der Waals surface area contributed by atoms with Crippen LogP contribution in [0.1, 0.15) is 61.7 Å². The summed E-state index contributed by atoms with van der Waals surface area (Å²) < 4.78 is 7.36. The number of amides is 1. The van der Waals surface area contributed by atoms with Crippen molar-refractivity contribution in [2.75, 3.05) is 20.2 Å². The second-order valence-corrected chi connectivity index (χ2v) is 8.33. The smallest absolute Gasteiger partial charge is 0.252 e. The molecule has 2 aliphatic rings. The van der Waals surface area contributed by atoms with Gasteiger partial charge in [0.2, 0.25) is 0 Å². The number of rotatable bonds is 6. The molecule has 0 spiro atoms.